The smallest absolute Gasteiger partial charge is 0.347 e. The summed E-state index contributed by atoms with van der Waals surface area (Å²) in [6.07, 6.45) is 1.64. The predicted octanol–water partition coefficient (Wildman–Crippen LogP) is 3.16. The standard InChI is InChI=1S/C16H11NO3/c18-13-8-2-1-7-12(13)16(19)20-14-9-3-5-11-6-4-10-17-15(11)14/h1-10,18H. The van der Waals surface area contributed by atoms with Crippen LogP contribution in [0.1, 0.15) is 10.4 Å². The third-order valence-electron chi connectivity index (χ3n) is 2.92. The molecule has 0 aliphatic rings. The van der Waals surface area contributed by atoms with Gasteiger partial charge in [-0.15, -0.1) is 0 Å². The minimum absolute atomic E-state index is 0.106. The van der Waals surface area contributed by atoms with Gasteiger partial charge in [0, 0.05) is 11.6 Å². The van der Waals surface area contributed by atoms with Crippen molar-refractivity contribution in [3.05, 3.63) is 66.4 Å². The second-order valence-corrected chi connectivity index (χ2v) is 4.24. The zero-order valence-corrected chi connectivity index (χ0v) is 10.5. The highest BCUT2D eigenvalue weighted by Crippen LogP contribution is 2.25. The Kier molecular flexibility index (Phi) is 3.05. The molecular weight excluding hydrogens is 254 g/mol. The Bertz CT molecular complexity index is 778. The molecule has 3 aromatic rings. The fourth-order valence-electron chi connectivity index (χ4n) is 1.96. The van der Waals surface area contributed by atoms with Crippen molar-refractivity contribution in [2.24, 2.45) is 0 Å². The van der Waals surface area contributed by atoms with Crippen LogP contribution in [0.25, 0.3) is 10.9 Å². The predicted molar refractivity (Wildman–Crippen MR) is 74.8 cm³/mol. The number of carbonyl (C=O) groups excluding carboxylic acids is 1. The molecule has 0 saturated heterocycles. The average molecular weight is 265 g/mol. The summed E-state index contributed by atoms with van der Waals surface area (Å²) in [6.45, 7) is 0. The summed E-state index contributed by atoms with van der Waals surface area (Å²) < 4.78 is 5.33. The lowest BCUT2D eigenvalue weighted by Gasteiger charge is -2.07. The second kappa shape index (κ2) is 5.01. The third-order valence-corrected chi connectivity index (χ3v) is 2.92. The molecule has 0 atom stereocenters. The van der Waals surface area contributed by atoms with E-state index in [1.807, 2.05) is 18.2 Å². The van der Waals surface area contributed by atoms with Crippen molar-refractivity contribution in [2.45, 2.75) is 0 Å². The van der Waals surface area contributed by atoms with E-state index in [0.717, 1.165) is 5.39 Å². The number of hydrogen-bond donors (Lipinski definition) is 1. The molecule has 0 fully saturated rings. The van der Waals surface area contributed by atoms with Gasteiger partial charge in [0.25, 0.3) is 0 Å². The van der Waals surface area contributed by atoms with Crippen molar-refractivity contribution in [3.63, 3.8) is 0 Å². The van der Waals surface area contributed by atoms with Crippen LogP contribution in [0.3, 0.4) is 0 Å². The van der Waals surface area contributed by atoms with E-state index in [9.17, 15) is 9.90 Å². The van der Waals surface area contributed by atoms with E-state index in [1.54, 1.807) is 30.5 Å². The van der Waals surface area contributed by atoms with Gasteiger partial charge in [-0.1, -0.05) is 30.3 Å². The first-order valence-corrected chi connectivity index (χ1v) is 6.09. The van der Waals surface area contributed by atoms with Crippen LogP contribution < -0.4 is 4.74 Å². The van der Waals surface area contributed by atoms with Crippen LogP contribution >= 0.6 is 0 Å². The zero-order chi connectivity index (χ0) is 13.9. The number of aromatic hydroxyl groups is 1. The van der Waals surface area contributed by atoms with Crippen molar-refractivity contribution in [1.29, 1.82) is 0 Å². The van der Waals surface area contributed by atoms with E-state index in [4.69, 9.17) is 4.74 Å². The molecule has 4 heteroatoms. The normalized spacial score (nSPS) is 10.4. The molecule has 0 aliphatic carbocycles. The Morgan fingerprint density at radius 3 is 2.65 bits per heavy atom. The first-order valence-electron chi connectivity index (χ1n) is 6.09. The maximum Gasteiger partial charge on any atom is 0.347 e. The van der Waals surface area contributed by atoms with Gasteiger partial charge in [0.05, 0.1) is 0 Å². The van der Waals surface area contributed by atoms with E-state index >= 15 is 0 Å². The Morgan fingerprint density at radius 2 is 1.80 bits per heavy atom. The first-order chi connectivity index (χ1) is 9.75. The number of ether oxygens (including phenoxy) is 1. The molecule has 3 rings (SSSR count). The molecule has 0 saturated carbocycles. The number of rotatable bonds is 2. The van der Waals surface area contributed by atoms with Gasteiger partial charge in [0.15, 0.2) is 5.75 Å². The van der Waals surface area contributed by atoms with Crippen LogP contribution in [0.5, 0.6) is 11.5 Å². The average Bonchev–Trinajstić information content (AvgIpc) is 2.48. The number of fused-ring (bicyclic) bond motifs is 1. The van der Waals surface area contributed by atoms with Gasteiger partial charge >= 0.3 is 5.97 Å². The molecule has 2 aromatic carbocycles. The quantitative estimate of drug-likeness (QED) is 0.571. The minimum atomic E-state index is -0.610. The lowest BCUT2D eigenvalue weighted by atomic mass is 10.2. The van der Waals surface area contributed by atoms with Crippen molar-refractivity contribution < 1.29 is 14.6 Å². The molecule has 0 aliphatic heterocycles. The third kappa shape index (κ3) is 2.19. The van der Waals surface area contributed by atoms with Crippen LogP contribution in [-0.2, 0) is 0 Å². The lowest BCUT2D eigenvalue weighted by Crippen LogP contribution is -2.09. The summed E-state index contributed by atoms with van der Waals surface area (Å²) >= 11 is 0. The number of para-hydroxylation sites is 2. The number of esters is 1. The maximum absolute atomic E-state index is 12.1. The van der Waals surface area contributed by atoms with Crippen molar-refractivity contribution in [3.8, 4) is 11.5 Å². The lowest BCUT2D eigenvalue weighted by molar-refractivity contribution is 0.0733. The Hall–Kier alpha value is -2.88. The largest absolute Gasteiger partial charge is 0.507 e. The molecule has 20 heavy (non-hydrogen) atoms. The van der Waals surface area contributed by atoms with Crippen LogP contribution in [0, 0.1) is 0 Å². The summed E-state index contributed by atoms with van der Waals surface area (Å²) in [5.41, 5.74) is 0.735. The summed E-state index contributed by atoms with van der Waals surface area (Å²) in [4.78, 5) is 16.3. The second-order valence-electron chi connectivity index (χ2n) is 4.24. The molecule has 0 radical (unpaired) electrons. The SMILES string of the molecule is O=C(Oc1cccc2cccnc12)c1ccccc1O. The molecule has 1 aromatic heterocycles. The maximum atomic E-state index is 12.1. The highest BCUT2D eigenvalue weighted by atomic mass is 16.5. The van der Waals surface area contributed by atoms with Crippen LogP contribution in [0.15, 0.2) is 60.8 Å². The van der Waals surface area contributed by atoms with Gasteiger partial charge in [-0.2, -0.15) is 0 Å². The summed E-state index contributed by atoms with van der Waals surface area (Å²) in [7, 11) is 0. The summed E-state index contributed by atoms with van der Waals surface area (Å²) in [6, 6.07) is 15.3. The number of nitrogens with zero attached hydrogens (tertiary/aromatic N) is 1. The number of phenols is 1. The molecule has 1 heterocycles. The van der Waals surface area contributed by atoms with Gasteiger partial charge in [-0.05, 0) is 24.3 Å². The molecule has 0 amide bonds. The Morgan fingerprint density at radius 1 is 1.00 bits per heavy atom. The number of phenolic OH excluding ortho intramolecular Hbond substituents is 1. The van der Waals surface area contributed by atoms with Gasteiger partial charge in [0.2, 0.25) is 0 Å². The number of pyridine rings is 1. The van der Waals surface area contributed by atoms with E-state index in [0.29, 0.717) is 11.3 Å². The molecular formula is C16H11NO3. The molecule has 4 nitrogen and oxygen atoms in total. The van der Waals surface area contributed by atoms with Gasteiger partial charge in [0.1, 0.15) is 16.8 Å². The number of benzene rings is 2. The number of hydrogen-bond acceptors (Lipinski definition) is 4. The van der Waals surface area contributed by atoms with Crippen molar-refractivity contribution in [1.82, 2.24) is 4.98 Å². The topological polar surface area (TPSA) is 59.4 Å². The molecule has 1 N–H and O–H groups in total. The van der Waals surface area contributed by atoms with E-state index in [2.05, 4.69) is 4.98 Å². The monoisotopic (exact) mass is 265 g/mol. The van der Waals surface area contributed by atoms with Gasteiger partial charge < -0.3 is 9.84 Å². The van der Waals surface area contributed by atoms with Crippen molar-refractivity contribution in [2.75, 3.05) is 0 Å². The number of aromatic nitrogens is 1. The van der Waals surface area contributed by atoms with E-state index in [1.165, 1.54) is 12.1 Å². The van der Waals surface area contributed by atoms with E-state index < -0.39 is 5.97 Å². The summed E-state index contributed by atoms with van der Waals surface area (Å²) in [5.74, 6) is -0.344. The molecule has 0 spiro atoms. The first kappa shape index (κ1) is 12.2. The number of carbonyl (C=O) groups is 1. The summed E-state index contributed by atoms with van der Waals surface area (Å²) in [5, 5.41) is 10.5. The fourth-order valence-corrected chi connectivity index (χ4v) is 1.96. The van der Waals surface area contributed by atoms with Crippen LogP contribution in [0.4, 0.5) is 0 Å². The molecule has 0 unspecified atom stereocenters. The van der Waals surface area contributed by atoms with Gasteiger partial charge in [-0.25, -0.2) is 4.79 Å². The minimum Gasteiger partial charge on any atom is -0.507 e. The van der Waals surface area contributed by atoms with Crippen LogP contribution in [0.2, 0.25) is 0 Å². The highest BCUT2D eigenvalue weighted by molar-refractivity contribution is 5.96. The molecule has 98 valence electrons. The fraction of sp³-hybridized carbons (Fsp3) is 0. The zero-order valence-electron chi connectivity index (χ0n) is 10.5. The van der Waals surface area contributed by atoms with Crippen LogP contribution in [-0.4, -0.2) is 16.1 Å². The molecule has 0 bridgehead atoms. The Balaban J connectivity index is 1.98. The Labute approximate surface area is 115 Å². The highest BCUT2D eigenvalue weighted by Gasteiger charge is 2.14. The van der Waals surface area contributed by atoms with E-state index in [-0.39, 0.29) is 11.3 Å². The van der Waals surface area contributed by atoms with Gasteiger partial charge in [-0.3, -0.25) is 4.98 Å². The van der Waals surface area contributed by atoms with Crippen molar-refractivity contribution >= 4 is 16.9 Å².